The van der Waals surface area contributed by atoms with Gasteiger partial charge in [-0.05, 0) is 32.8 Å². The SMILES string of the molecule is CCO[C@H]1C[C@]2(Cn3cc(C(=O)NCc4cccc(Cl)c4F)c(=O)c(O)c3C(=O)N2CC)C1. The number of hydrogen-bond donors (Lipinski definition) is 2. The summed E-state index contributed by atoms with van der Waals surface area (Å²) in [5, 5.41) is 13.0. The van der Waals surface area contributed by atoms with Crippen LogP contribution in [0, 0.1) is 5.82 Å². The number of ether oxygens (including phenoxy) is 1. The molecular weight excluding hydrogens is 453 g/mol. The zero-order valence-electron chi connectivity index (χ0n) is 18.4. The van der Waals surface area contributed by atoms with Crippen LogP contribution in [0.5, 0.6) is 5.75 Å². The van der Waals surface area contributed by atoms with Crippen LogP contribution in [0.15, 0.2) is 29.2 Å². The molecule has 2 N–H and O–H groups in total. The van der Waals surface area contributed by atoms with E-state index in [0.29, 0.717) is 32.5 Å². The molecule has 0 bridgehead atoms. The van der Waals surface area contributed by atoms with Crippen LogP contribution in [0.1, 0.15) is 53.1 Å². The van der Waals surface area contributed by atoms with Gasteiger partial charge in [0.1, 0.15) is 11.4 Å². The number of nitrogens with one attached hydrogen (secondary N) is 1. The van der Waals surface area contributed by atoms with Crippen LogP contribution in [-0.2, 0) is 17.8 Å². The Hall–Kier alpha value is -2.91. The van der Waals surface area contributed by atoms with Gasteiger partial charge in [-0.2, -0.15) is 0 Å². The molecule has 0 radical (unpaired) electrons. The molecule has 1 fully saturated rings. The van der Waals surface area contributed by atoms with Crippen LogP contribution in [0.25, 0.3) is 0 Å². The molecule has 4 rings (SSSR count). The summed E-state index contributed by atoms with van der Waals surface area (Å²) in [5.74, 6) is -2.67. The summed E-state index contributed by atoms with van der Waals surface area (Å²) in [6.45, 7) is 4.86. The Morgan fingerprint density at radius 3 is 2.73 bits per heavy atom. The van der Waals surface area contributed by atoms with Crippen molar-refractivity contribution in [1.29, 1.82) is 0 Å². The summed E-state index contributed by atoms with van der Waals surface area (Å²) >= 11 is 5.77. The maximum atomic E-state index is 14.1. The smallest absolute Gasteiger partial charge is 0.275 e. The monoisotopic (exact) mass is 477 g/mol. The second-order valence-corrected chi connectivity index (χ2v) is 8.76. The molecule has 10 heteroatoms. The predicted octanol–water partition coefficient (Wildman–Crippen LogP) is 2.69. The lowest BCUT2D eigenvalue weighted by atomic mass is 9.71. The molecule has 1 aromatic heterocycles. The minimum atomic E-state index is -0.952. The zero-order valence-corrected chi connectivity index (χ0v) is 19.1. The van der Waals surface area contributed by atoms with Crippen LogP contribution in [0.4, 0.5) is 4.39 Å². The van der Waals surface area contributed by atoms with Gasteiger partial charge in [-0.3, -0.25) is 14.4 Å². The Kier molecular flexibility index (Phi) is 6.20. The van der Waals surface area contributed by atoms with Crippen molar-refractivity contribution in [2.24, 2.45) is 0 Å². The van der Waals surface area contributed by atoms with Crippen LogP contribution >= 0.6 is 11.6 Å². The van der Waals surface area contributed by atoms with Gasteiger partial charge in [0.25, 0.3) is 11.8 Å². The Labute approximate surface area is 194 Å². The van der Waals surface area contributed by atoms with Gasteiger partial charge in [0, 0.05) is 38.0 Å². The lowest BCUT2D eigenvalue weighted by Crippen LogP contribution is -2.66. The van der Waals surface area contributed by atoms with E-state index in [4.69, 9.17) is 16.3 Å². The number of rotatable bonds is 6. The number of likely N-dealkylation sites (N-methyl/N-ethyl adjacent to an activating group) is 1. The van der Waals surface area contributed by atoms with Crippen molar-refractivity contribution in [3.8, 4) is 5.75 Å². The van der Waals surface area contributed by atoms with Gasteiger partial charge in [0.2, 0.25) is 5.43 Å². The fourth-order valence-electron chi connectivity index (χ4n) is 4.83. The molecule has 0 atom stereocenters. The van der Waals surface area contributed by atoms with E-state index in [1.165, 1.54) is 22.9 Å². The quantitative estimate of drug-likeness (QED) is 0.666. The van der Waals surface area contributed by atoms with Gasteiger partial charge >= 0.3 is 0 Å². The summed E-state index contributed by atoms with van der Waals surface area (Å²) in [6.07, 6.45) is 2.58. The number of carbonyl (C=O) groups is 2. The van der Waals surface area contributed by atoms with Gasteiger partial charge in [-0.1, -0.05) is 23.7 Å². The van der Waals surface area contributed by atoms with E-state index in [1.807, 2.05) is 13.8 Å². The molecule has 1 spiro atoms. The average Bonchev–Trinajstić information content (AvgIpc) is 2.76. The van der Waals surface area contributed by atoms with E-state index in [-0.39, 0.29) is 34.5 Å². The highest BCUT2D eigenvalue weighted by molar-refractivity contribution is 6.30. The molecule has 2 aliphatic rings. The summed E-state index contributed by atoms with van der Waals surface area (Å²) in [7, 11) is 0. The van der Waals surface area contributed by atoms with Gasteiger partial charge in [0.05, 0.1) is 16.7 Å². The van der Waals surface area contributed by atoms with Crippen LogP contribution in [0.2, 0.25) is 5.02 Å². The van der Waals surface area contributed by atoms with Crippen LogP contribution in [0.3, 0.4) is 0 Å². The van der Waals surface area contributed by atoms with Crippen LogP contribution < -0.4 is 10.7 Å². The first-order chi connectivity index (χ1) is 15.7. The highest BCUT2D eigenvalue weighted by Gasteiger charge is 2.54. The van der Waals surface area contributed by atoms with Crippen molar-refractivity contribution in [1.82, 2.24) is 14.8 Å². The van der Waals surface area contributed by atoms with Crippen molar-refractivity contribution in [3.05, 3.63) is 62.3 Å². The molecule has 2 aromatic rings. The predicted molar refractivity (Wildman–Crippen MR) is 119 cm³/mol. The largest absolute Gasteiger partial charge is 0.503 e. The number of nitrogens with zero attached hydrogens (tertiary/aromatic N) is 2. The van der Waals surface area contributed by atoms with Gasteiger partial charge in [-0.25, -0.2) is 4.39 Å². The highest BCUT2D eigenvalue weighted by atomic mass is 35.5. The number of hydrogen-bond acceptors (Lipinski definition) is 5. The number of carbonyl (C=O) groups excluding carboxylic acids is 2. The normalized spacial score (nSPS) is 21.6. The number of fused-ring (bicyclic) bond motifs is 1. The fourth-order valence-corrected chi connectivity index (χ4v) is 5.03. The van der Waals surface area contributed by atoms with Crippen molar-refractivity contribution in [2.45, 2.75) is 51.4 Å². The van der Waals surface area contributed by atoms with Gasteiger partial charge in [0.15, 0.2) is 11.4 Å². The summed E-state index contributed by atoms with van der Waals surface area (Å²) in [6, 6.07) is 4.40. The third-order valence-corrected chi connectivity index (χ3v) is 6.68. The summed E-state index contributed by atoms with van der Waals surface area (Å²) < 4.78 is 21.3. The Balaban J connectivity index is 1.63. The minimum absolute atomic E-state index is 0.0294. The molecule has 176 valence electrons. The number of benzene rings is 1. The average molecular weight is 478 g/mol. The Bertz CT molecular complexity index is 1180. The molecule has 2 amide bonds. The molecule has 1 aliphatic carbocycles. The fraction of sp³-hybridized carbons (Fsp3) is 0.435. The first kappa shape index (κ1) is 23.3. The van der Waals surface area contributed by atoms with E-state index in [1.54, 1.807) is 11.0 Å². The first-order valence-corrected chi connectivity index (χ1v) is 11.2. The van der Waals surface area contributed by atoms with Crippen molar-refractivity contribution in [2.75, 3.05) is 13.2 Å². The summed E-state index contributed by atoms with van der Waals surface area (Å²) in [4.78, 5) is 40.3. The number of aromatic nitrogens is 1. The number of halogens is 2. The first-order valence-electron chi connectivity index (χ1n) is 10.8. The molecule has 1 aliphatic heterocycles. The molecule has 1 aromatic carbocycles. The van der Waals surface area contributed by atoms with E-state index in [2.05, 4.69) is 5.32 Å². The molecule has 33 heavy (non-hydrogen) atoms. The Morgan fingerprint density at radius 1 is 1.33 bits per heavy atom. The topological polar surface area (TPSA) is 101 Å². The third kappa shape index (κ3) is 3.89. The number of aromatic hydroxyl groups is 1. The lowest BCUT2D eigenvalue weighted by molar-refractivity contribution is -0.103. The number of amides is 2. The highest BCUT2D eigenvalue weighted by Crippen LogP contribution is 2.44. The second kappa shape index (κ2) is 8.79. The molecule has 2 heterocycles. The Morgan fingerprint density at radius 2 is 2.06 bits per heavy atom. The standard InChI is InChI=1S/C23H25ClFN3O5/c1-3-28-22(32)18-20(30)19(29)15(11-27(18)12-23(28)8-14(9-23)33-4-2)21(31)26-10-13-6-5-7-16(24)17(13)25/h5-7,11,14,30H,3-4,8-10,12H2,1-2H3,(H,26,31)/t14-,23+. The van der Waals surface area contributed by atoms with Crippen LogP contribution in [-0.4, -0.2) is 51.2 Å². The van der Waals surface area contributed by atoms with E-state index in [0.717, 1.165) is 0 Å². The zero-order chi connectivity index (χ0) is 23.9. The van der Waals surface area contributed by atoms with Crippen molar-refractivity contribution < 1.29 is 23.8 Å². The molecule has 0 unspecified atom stereocenters. The maximum absolute atomic E-state index is 14.1. The molecule has 8 nitrogen and oxygen atoms in total. The minimum Gasteiger partial charge on any atom is -0.503 e. The van der Waals surface area contributed by atoms with E-state index in [9.17, 15) is 23.9 Å². The van der Waals surface area contributed by atoms with Gasteiger partial charge < -0.3 is 24.6 Å². The second-order valence-electron chi connectivity index (χ2n) is 8.35. The van der Waals surface area contributed by atoms with Gasteiger partial charge in [-0.15, -0.1) is 0 Å². The van der Waals surface area contributed by atoms with E-state index >= 15 is 0 Å². The molecule has 0 saturated heterocycles. The van der Waals surface area contributed by atoms with Crippen molar-refractivity contribution in [3.63, 3.8) is 0 Å². The maximum Gasteiger partial charge on any atom is 0.275 e. The van der Waals surface area contributed by atoms with Crippen molar-refractivity contribution >= 4 is 23.4 Å². The summed E-state index contributed by atoms with van der Waals surface area (Å²) in [5.41, 5.74) is -1.76. The third-order valence-electron chi connectivity index (χ3n) is 6.39. The van der Waals surface area contributed by atoms with E-state index < -0.39 is 34.3 Å². The molecular formula is C23H25ClFN3O5. The lowest BCUT2D eigenvalue weighted by Gasteiger charge is -2.56. The molecule has 1 saturated carbocycles. The number of pyridine rings is 1.